The highest BCUT2D eigenvalue weighted by molar-refractivity contribution is 7.12. The fourth-order valence-corrected chi connectivity index (χ4v) is 5.11. The standard InChI is InChI=1S/C27H29FN2O2S/c28-22-15-13-21(14-16-22)25(26(31)29-23-10-5-2-6-11-23)30(27(32)24-12-7-19-33-24)18-17-20-8-3-1-4-9-20/h1,3-4,7-9,12-16,19,23,25H,2,5-6,10-11,17-18H2,(H,29,31). The van der Waals surface area contributed by atoms with Crippen LogP contribution >= 0.6 is 11.3 Å². The van der Waals surface area contributed by atoms with E-state index in [1.54, 1.807) is 23.1 Å². The lowest BCUT2D eigenvalue weighted by Gasteiger charge is -2.33. The van der Waals surface area contributed by atoms with E-state index in [0.29, 0.717) is 23.4 Å². The van der Waals surface area contributed by atoms with Crippen LogP contribution in [-0.4, -0.2) is 29.3 Å². The van der Waals surface area contributed by atoms with Crippen molar-refractivity contribution in [1.82, 2.24) is 10.2 Å². The summed E-state index contributed by atoms with van der Waals surface area (Å²) in [6.45, 7) is 0.376. The zero-order valence-corrected chi connectivity index (χ0v) is 19.4. The molecule has 0 radical (unpaired) electrons. The number of rotatable bonds is 8. The Morgan fingerprint density at radius 1 is 0.970 bits per heavy atom. The van der Waals surface area contributed by atoms with E-state index in [9.17, 15) is 14.0 Å². The van der Waals surface area contributed by atoms with Gasteiger partial charge in [0.1, 0.15) is 11.9 Å². The Labute approximate surface area is 198 Å². The number of thiophene rings is 1. The van der Waals surface area contributed by atoms with Gasteiger partial charge in [0.25, 0.3) is 5.91 Å². The zero-order chi connectivity index (χ0) is 23.0. The number of hydrogen-bond acceptors (Lipinski definition) is 3. The maximum atomic E-state index is 13.7. The average Bonchev–Trinajstić information content (AvgIpc) is 3.38. The first-order chi connectivity index (χ1) is 16.1. The van der Waals surface area contributed by atoms with Gasteiger partial charge in [0.05, 0.1) is 4.88 Å². The third kappa shape index (κ3) is 6.08. The van der Waals surface area contributed by atoms with Gasteiger partial charge in [-0.2, -0.15) is 0 Å². The van der Waals surface area contributed by atoms with Crippen molar-refractivity contribution in [3.63, 3.8) is 0 Å². The number of carbonyl (C=O) groups excluding carboxylic acids is 2. The van der Waals surface area contributed by atoms with Gasteiger partial charge in [-0.25, -0.2) is 4.39 Å². The van der Waals surface area contributed by atoms with Crippen molar-refractivity contribution < 1.29 is 14.0 Å². The van der Waals surface area contributed by atoms with Crippen LogP contribution in [0.3, 0.4) is 0 Å². The van der Waals surface area contributed by atoms with Gasteiger partial charge >= 0.3 is 0 Å². The first kappa shape index (κ1) is 23.2. The molecule has 0 spiro atoms. The smallest absolute Gasteiger partial charge is 0.264 e. The number of hydrogen-bond donors (Lipinski definition) is 1. The minimum absolute atomic E-state index is 0.113. The van der Waals surface area contributed by atoms with Crippen LogP contribution in [0.5, 0.6) is 0 Å². The average molecular weight is 465 g/mol. The second-order valence-corrected chi connectivity index (χ2v) is 9.46. The normalized spacial score (nSPS) is 15.1. The molecule has 3 aromatic rings. The first-order valence-corrected chi connectivity index (χ1v) is 12.4. The molecule has 0 aliphatic heterocycles. The topological polar surface area (TPSA) is 49.4 Å². The van der Waals surface area contributed by atoms with Gasteiger partial charge in [0, 0.05) is 12.6 Å². The molecule has 1 aromatic heterocycles. The van der Waals surface area contributed by atoms with E-state index >= 15 is 0 Å². The molecule has 1 unspecified atom stereocenters. The molecule has 33 heavy (non-hydrogen) atoms. The zero-order valence-electron chi connectivity index (χ0n) is 18.6. The van der Waals surface area contributed by atoms with Gasteiger partial charge in [0.2, 0.25) is 5.91 Å². The summed E-state index contributed by atoms with van der Waals surface area (Å²) in [5, 5.41) is 5.05. The van der Waals surface area contributed by atoms with E-state index < -0.39 is 6.04 Å². The molecule has 1 heterocycles. The summed E-state index contributed by atoms with van der Waals surface area (Å²) in [5.74, 6) is -0.758. The minimum Gasteiger partial charge on any atom is -0.351 e. The molecule has 1 aliphatic carbocycles. The van der Waals surface area contributed by atoms with Gasteiger partial charge in [0.15, 0.2) is 0 Å². The van der Waals surface area contributed by atoms with Crippen LogP contribution in [0.15, 0.2) is 72.1 Å². The van der Waals surface area contributed by atoms with Crippen LogP contribution < -0.4 is 5.32 Å². The molecule has 0 saturated heterocycles. The highest BCUT2D eigenvalue weighted by Crippen LogP contribution is 2.27. The van der Waals surface area contributed by atoms with Crippen LogP contribution in [0.2, 0.25) is 0 Å². The highest BCUT2D eigenvalue weighted by atomic mass is 32.1. The van der Waals surface area contributed by atoms with Crippen LogP contribution in [0, 0.1) is 5.82 Å². The molecular weight excluding hydrogens is 435 g/mol. The SMILES string of the molecule is O=C(NC1CCCCC1)C(c1ccc(F)cc1)N(CCc1ccccc1)C(=O)c1cccs1. The van der Waals surface area contributed by atoms with Crippen molar-refractivity contribution in [2.24, 2.45) is 0 Å². The van der Waals surface area contributed by atoms with Crippen molar-refractivity contribution in [3.8, 4) is 0 Å². The quantitative estimate of drug-likeness (QED) is 0.461. The van der Waals surface area contributed by atoms with E-state index in [4.69, 9.17) is 0 Å². The number of amides is 2. The molecule has 1 N–H and O–H groups in total. The monoisotopic (exact) mass is 464 g/mol. The van der Waals surface area contributed by atoms with E-state index in [2.05, 4.69) is 5.32 Å². The molecule has 1 saturated carbocycles. The Morgan fingerprint density at radius 2 is 1.70 bits per heavy atom. The van der Waals surface area contributed by atoms with E-state index in [0.717, 1.165) is 31.2 Å². The van der Waals surface area contributed by atoms with E-state index in [-0.39, 0.29) is 23.7 Å². The molecule has 1 atom stereocenters. The van der Waals surface area contributed by atoms with Crippen molar-refractivity contribution in [2.75, 3.05) is 6.54 Å². The summed E-state index contributed by atoms with van der Waals surface area (Å²) in [5.41, 5.74) is 1.70. The molecule has 6 heteroatoms. The molecule has 1 fully saturated rings. The lowest BCUT2D eigenvalue weighted by atomic mass is 9.94. The minimum atomic E-state index is -0.828. The van der Waals surface area contributed by atoms with E-state index in [1.165, 1.54) is 29.9 Å². The molecule has 172 valence electrons. The lowest BCUT2D eigenvalue weighted by molar-refractivity contribution is -0.126. The van der Waals surface area contributed by atoms with Crippen LogP contribution in [0.4, 0.5) is 4.39 Å². The Morgan fingerprint density at radius 3 is 2.36 bits per heavy atom. The second kappa shape index (κ2) is 11.2. The maximum absolute atomic E-state index is 13.7. The number of nitrogens with zero attached hydrogens (tertiary/aromatic N) is 1. The fraction of sp³-hybridized carbons (Fsp3) is 0.333. The number of halogens is 1. The largest absolute Gasteiger partial charge is 0.351 e. The van der Waals surface area contributed by atoms with Crippen molar-refractivity contribution >= 4 is 23.2 Å². The third-order valence-electron chi connectivity index (χ3n) is 6.17. The van der Waals surface area contributed by atoms with Crippen molar-refractivity contribution in [1.29, 1.82) is 0 Å². The van der Waals surface area contributed by atoms with Gasteiger partial charge in [-0.05, 0) is 54.0 Å². The number of nitrogens with one attached hydrogen (secondary N) is 1. The highest BCUT2D eigenvalue weighted by Gasteiger charge is 2.33. The van der Waals surface area contributed by atoms with Gasteiger partial charge in [-0.15, -0.1) is 11.3 Å². The van der Waals surface area contributed by atoms with Crippen LogP contribution in [-0.2, 0) is 11.2 Å². The lowest BCUT2D eigenvalue weighted by Crippen LogP contribution is -2.47. The maximum Gasteiger partial charge on any atom is 0.264 e. The summed E-state index contributed by atoms with van der Waals surface area (Å²) in [4.78, 5) is 29.4. The van der Waals surface area contributed by atoms with Crippen LogP contribution in [0.25, 0.3) is 0 Å². The molecule has 4 nitrogen and oxygen atoms in total. The summed E-state index contributed by atoms with van der Waals surface area (Å²) in [7, 11) is 0. The Balaban J connectivity index is 1.66. The van der Waals surface area contributed by atoms with Crippen molar-refractivity contribution in [2.45, 2.75) is 50.6 Å². The Hall–Kier alpha value is -2.99. The first-order valence-electron chi connectivity index (χ1n) is 11.6. The summed E-state index contributed by atoms with van der Waals surface area (Å²) in [6, 6.07) is 18.7. The summed E-state index contributed by atoms with van der Waals surface area (Å²) >= 11 is 1.36. The van der Waals surface area contributed by atoms with Gasteiger partial charge < -0.3 is 10.2 Å². The van der Waals surface area contributed by atoms with Crippen molar-refractivity contribution in [3.05, 3.63) is 93.9 Å². The predicted octanol–water partition coefficient (Wildman–Crippen LogP) is 5.76. The van der Waals surface area contributed by atoms with Gasteiger partial charge in [-0.1, -0.05) is 67.8 Å². The summed E-state index contributed by atoms with van der Waals surface area (Å²) in [6.07, 6.45) is 5.89. The predicted molar refractivity (Wildman–Crippen MR) is 130 cm³/mol. The molecule has 2 amide bonds. The third-order valence-corrected chi connectivity index (χ3v) is 7.03. The van der Waals surface area contributed by atoms with Gasteiger partial charge in [-0.3, -0.25) is 9.59 Å². The molecule has 2 aromatic carbocycles. The second-order valence-electron chi connectivity index (χ2n) is 8.51. The Bertz CT molecular complexity index is 1030. The number of benzene rings is 2. The van der Waals surface area contributed by atoms with Crippen LogP contribution in [0.1, 0.15) is 58.9 Å². The molecule has 1 aliphatic rings. The molecule has 0 bridgehead atoms. The molecule has 4 rings (SSSR count). The number of carbonyl (C=O) groups is 2. The van der Waals surface area contributed by atoms with E-state index in [1.807, 2.05) is 41.8 Å². The fourth-order valence-electron chi connectivity index (χ4n) is 4.43. The summed E-state index contributed by atoms with van der Waals surface area (Å²) < 4.78 is 13.7. The molecular formula is C27H29FN2O2S. The Kier molecular flexibility index (Phi) is 7.89.